The van der Waals surface area contributed by atoms with Gasteiger partial charge in [-0.2, -0.15) is 0 Å². The first kappa shape index (κ1) is 15.0. The average Bonchev–Trinajstić information content (AvgIpc) is 2.37. The van der Waals surface area contributed by atoms with Crippen molar-refractivity contribution in [3.63, 3.8) is 0 Å². The van der Waals surface area contributed by atoms with Gasteiger partial charge in [0.1, 0.15) is 0 Å². The Hall–Kier alpha value is -1.02. The van der Waals surface area contributed by atoms with Gasteiger partial charge in [-0.25, -0.2) is 0 Å². The van der Waals surface area contributed by atoms with E-state index in [4.69, 9.17) is 0 Å². The highest BCUT2D eigenvalue weighted by Gasteiger charge is 2.10. The third kappa shape index (κ3) is 4.69. The van der Waals surface area contributed by atoms with E-state index in [9.17, 15) is 0 Å². The summed E-state index contributed by atoms with van der Waals surface area (Å²) in [5, 5.41) is 3.50. The highest BCUT2D eigenvalue weighted by atomic mass is 15.1. The van der Waals surface area contributed by atoms with Crippen molar-refractivity contribution in [1.82, 2.24) is 5.32 Å². The number of nitrogens with zero attached hydrogens (tertiary/aromatic N) is 1. The van der Waals surface area contributed by atoms with Crippen LogP contribution in [0.4, 0.5) is 5.69 Å². The first-order valence-electron chi connectivity index (χ1n) is 7.20. The largest absolute Gasteiger partial charge is 0.371 e. The predicted octanol–water partition coefficient (Wildman–Crippen LogP) is 3.46. The van der Waals surface area contributed by atoms with Crippen LogP contribution in [-0.4, -0.2) is 26.2 Å². The standard InChI is InChI=1S/C16H28N2/c1-5-11-17-12-14(3)13-18(6-2)16-10-8-7-9-15(16)4/h7-10,14,17H,5-6,11-13H2,1-4H3. The summed E-state index contributed by atoms with van der Waals surface area (Å²) in [6.07, 6.45) is 1.21. The van der Waals surface area contributed by atoms with E-state index >= 15 is 0 Å². The number of hydrogen-bond acceptors (Lipinski definition) is 2. The first-order chi connectivity index (χ1) is 8.69. The van der Waals surface area contributed by atoms with Gasteiger partial charge in [0.05, 0.1) is 0 Å². The predicted molar refractivity (Wildman–Crippen MR) is 81.4 cm³/mol. The number of nitrogens with one attached hydrogen (secondary N) is 1. The molecule has 0 aliphatic heterocycles. The molecule has 1 N–H and O–H groups in total. The fourth-order valence-corrected chi connectivity index (χ4v) is 2.28. The summed E-state index contributed by atoms with van der Waals surface area (Å²) < 4.78 is 0. The number of anilines is 1. The Balaban J connectivity index is 2.54. The van der Waals surface area contributed by atoms with Gasteiger partial charge in [-0.05, 0) is 50.9 Å². The third-order valence-corrected chi connectivity index (χ3v) is 3.29. The highest BCUT2D eigenvalue weighted by Crippen LogP contribution is 2.20. The minimum absolute atomic E-state index is 0.677. The fraction of sp³-hybridized carbons (Fsp3) is 0.625. The summed E-state index contributed by atoms with van der Waals surface area (Å²) in [5.74, 6) is 0.677. The molecular weight excluding hydrogens is 220 g/mol. The van der Waals surface area contributed by atoms with E-state index in [1.54, 1.807) is 0 Å². The molecule has 0 spiro atoms. The van der Waals surface area contributed by atoms with Crippen molar-refractivity contribution in [3.05, 3.63) is 29.8 Å². The van der Waals surface area contributed by atoms with E-state index in [0.29, 0.717) is 5.92 Å². The molecule has 0 aromatic heterocycles. The lowest BCUT2D eigenvalue weighted by atomic mass is 10.1. The Morgan fingerprint density at radius 3 is 2.56 bits per heavy atom. The molecule has 0 saturated heterocycles. The van der Waals surface area contributed by atoms with Gasteiger partial charge in [0.2, 0.25) is 0 Å². The molecule has 0 heterocycles. The van der Waals surface area contributed by atoms with E-state index in [1.165, 1.54) is 17.7 Å². The number of hydrogen-bond donors (Lipinski definition) is 1. The maximum atomic E-state index is 3.50. The van der Waals surface area contributed by atoms with E-state index in [2.05, 4.69) is 62.2 Å². The fourth-order valence-electron chi connectivity index (χ4n) is 2.28. The van der Waals surface area contributed by atoms with Gasteiger partial charge < -0.3 is 10.2 Å². The zero-order valence-electron chi connectivity index (χ0n) is 12.4. The Labute approximate surface area is 112 Å². The molecule has 0 fully saturated rings. The lowest BCUT2D eigenvalue weighted by Crippen LogP contribution is -2.34. The third-order valence-electron chi connectivity index (χ3n) is 3.29. The molecular formula is C16H28N2. The Morgan fingerprint density at radius 2 is 1.94 bits per heavy atom. The second-order valence-corrected chi connectivity index (χ2v) is 5.13. The number of aryl methyl sites for hydroxylation is 1. The lowest BCUT2D eigenvalue weighted by molar-refractivity contribution is 0.505. The quantitative estimate of drug-likeness (QED) is 0.709. The zero-order chi connectivity index (χ0) is 13.4. The number of rotatable bonds is 8. The molecule has 1 atom stereocenters. The molecule has 0 aliphatic rings. The van der Waals surface area contributed by atoms with E-state index in [1.807, 2.05) is 0 Å². The van der Waals surface area contributed by atoms with Gasteiger partial charge >= 0.3 is 0 Å². The average molecular weight is 248 g/mol. The second-order valence-electron chi connectivity index (χ2n) is 5.13. The molecule has 0 aliphatic carbocycles. The van der Waals surface area contributed by atoms with E-state index in [-0.39, 0.29) is 0 Å². The van der Waals surface area contributed by atoms with Gasteiger partial charge in [0, 0.05) is 18.8 Å². The molecule has 2 heteroatoms. The monoisotopic (exact) mass is 248 g/mol. The van der Waals surface area contributed by atoms with Crippen LogP contribution in [0, 0.1) is 12.8 Å². The first-order valence-corrected chi connectivity index (χ1v) is 7.20. The van der Waals surface area contributed by atoms with Crippen molar-refractivity contribution >= 4 is 5.69 Å². The van der Waals surface area contributed by atoms with Crippen LogP contribution in [0.25, 0.3) is 0 Å². The minimum atomic E-state index is 0.677. The summed E-state index contributed by atoms with van der Waals surface area (Å²) in [5.41, 5.74) is 2.75. The van der Waals surface area contributed by atoms with Gasteiger partial charge in [-0.15, -0.1) is 0 Å². The molecule has 0 radical (unpaired) electrons. The van der Waals surface area contributed by atoms with Crippen LogP contribution >= 0.6 is 0 Å². The van der Waals surface area contributed by atoms with Crippen molar-refractivity contribution in [3.8, 4) is 0 Å². The maximum absolute atomic E-state index is 3.50. The maximum Gasteiger partial charge on any atom is 0.0395 e. The normalized spacial score (nSPS) is 12.4. The smallest absolute Gasteiger partial charge is 0.0395 e. The zero-order valence-corrected chi connectivity index (χ0v) is 12.4. The molecule has 102 valence electrons. The Bertz CT molecular complexity index is 336. The van der Waals surface area contributed by atoms with Crippen LogP contribution in [0.3, 0.4) is 0 Å². The number of para-hydroxylation sites is 1. The van der Waals surface area contributed by atoms with Crippen LogP contribution < -0.4 is 10.2 Å². The molecule has 0 saturated carbocycles. The van der Waals surface area contributed by atoms with Crippen LogP contribution in [0.2, 0.25) is 0 Å². The van der Waals surface area contributed by atoms with Crippen molar-refractivity contribution in [2.75, 3.05) is 31.1 Å². The van der Waals surface area contributed by atoms with Crippen molar-refractivity contribution in [2.45, 2.75) is 34.1 Å². The molecule has 1 rings (SSSR count). The van der Waals surface area contributed by atoms with Crippen molar-refractivity contribution in [1.29, 1.82) is 0 Å². The SMILES string of the molecule is CCCNCC(C)CN(CC)c1ccccc1C. The summed E-state index contributed by atoms with van der Waals surface area (Å²) >= 11 is 0. The Morgan fingerprint density at radius 1 is 1.22 bits per heavy atom. The van der Waals surface area contributed by atoms with Crippen molar-refractivity contribution in [2.24, 2.45) is 5.92 Å². The highest BCUT2D eigenvalue weighted by molar-refractivity contribution is 5.52. The molecule has 0 amide bonds. The summed E-state index contributed by atoms with van der Waals surface area (Å²) in [4.78, 5) is 2.48. The van der Waals surface area contributed by atoms with Gasteiger partial charge in [0.15, 0.2) is 0 Å². The van der Waals surface area contributed by atoms with Crippen LogP contribution in [0.5, 0.6) is 0 Å². The second kappa shape index (κ2) is 8.15. The molecule has 1 unspecified atom stereocenters. The summed E-state index contributed by atoms with van der Waals surface area (Å²) in [6.45, 7) is 13.4. The molecule has 1 aromatic rings. The Kier molecular flexibility index (Phi) is 6.81. The minimum Gasteiger partial charge on any atom is -0.371 e. The van der Waals surface area contributed by atoms with Crippen LogP contribution in [0.1, 0.15) is 32.8 Å². The van der Waals surface area contributed by atoms with Gasteiger partial charge in [0.25, 0.3) is 0 Å². The summed E-state index contributed by atoms with van der Waals surface area (Å²) in [6, 6.07) is 8.66. The number of benzene rings is 1. The molecule has 18 heavy (non-hydrogen) atoms. The van der Waals surface area contributed by atoms with E-state index in [0.717, 1.165) is 26.2 Å². The molecule has 2 nitrogen and oxygen atoms in total. The summed E-state index contributed by atoms with van der Waals surface area (Å²) in [7, 11) is 0. The van der Waals surface area contributed by atoms with Gasteiger partial charge in [-0.1, -0.05) is 32.0 Å². The van der Waals surface area contributed by atoms with E-state index < -0.39 is 0 Å². The molecule has 0 bridgehead atoms. The lowest BCUT2D eigenvalue weighted by Gasteiger charge is -2.28. The van der Waals surface area contributed by atoms with Crippen LogP contribution in [0.15, 0.2) is 24.3 Å². The topological polar surface area (TPSA) is 15.3 Å². The molecule has 1 aromatic carbocycles. The van der Waals surface area contributed by atoms with Crippen LogP contribution in [-0.2, 0) is 0 Å². The van der Waals surface area contributed by atoms with Crippen molar-refractivity contribution < 1.29 is 0 Å². The van der Waals surface area contributed by atoms with Gasteiger partial charge in [-0.3, -0.25) is 0 Å².